The molecule has 71 heavy (non-hydrogen) atoms. The molecule has 16 nitrogen and oxygen atoms in total. The number of aromatic hydroxyl groups is 1. The van der Waals surface area contributed by atoms with Crippen molar-refractivity contribution >= 4 is 56.1 Å². The number of piperidine rings is 2. The zero-order chi connectivity index (χ0) is 48.2. The number of hydrogen-bond acceptors (Lipinski definition) is 14. The standard InChI is InChI=1S/C54H61FN10O6/c1-2-32-4-3-5-33-22-38(66)24-39(45(32)33)47-46(55)48-40(27-56-47)49(64-28-34-6-7-35(29-64)57-34)60-51(59-48)70-31-54(12-13-54)30-61-16-14-53(15-17-61)25-37(26-53)63-20-18-62(19-21-63)36-8-9-41-43(23-36)71-52(69)65(41)42-10-11-44(67)58-50(42)68/h3-5,8-9,22-24,27,34-35,37,42,57,66H,2,6-7,10-21,25-26,28-31H2,1H3,(H,58,67,68). The minimum atomic E-state index is -0.758. The number of phenols is 1. The van der Waals surface area contributed by atoms with Gasteiger partial charge in [-0.2, -0.15) is 9.97 Å². The normalized spacial score (nSPS) is 24.6. The highest BCUT2D eigenvalue weighted by Crippen LogP contribution is 2.53. The summed E-state index contributed by atoms with van der Waals surface area (Å²) in [5.41, 5.74) is 4.39. The average molecular weight is 965 g/mol. The summed E-state index contributed by atoms with van der Waals surface area (Å²) in [6.45, 7) is 11.0. The van der Waals surface area contributed by atoms with E-state index >= 15 is 4.39 Å². The lowest BCUT2D eigenvalue weighted by molar-refractivity contribution is -0.135. The van der Waals surface area contributed by atoms with Gasteiger partial charge < -0.3 is 34.3 Å². The van der Waals surface area contributed by atoms with Gasteiger partial charge in [-0.15, -0.1) is 0 Å². The van der Waals surface area contributed by atoms with Crippen molar-refractivity contribution < 1.29 is 28.2 Å². The van der Waals surface area contributed by atoms with Gasteiger partial charge in [0.05, 0.1) is 17.5 Å². The van der Waals surface area contributed by atoms with Gasteiger partial charge in [-0.05, 0) is 123 Å². The van der Waals surface area contributed by atoms with Crippen molar-refractivity contribution in [3.8, 4) is 23.0 Å². The molecular weight excluding hydrogens is 904 g/mol. The van der Waals surface area contributed by atoms with Crippen LogP contribution in [0.1, 0.15) is 82.7 Å². The number of phenolic OH excluding ortho intramolecular Hbond substituents is 1. The first-order valence-corrected chi connectivity index (χ1v) is 26.0. The number of rotatable bonds is 11. The number of carbonyl (C=O) groups excluding carboxylic acids is 2. The van der Waals surface area contributed by atoms with Crippen LogP contribution in [0.2, 0.25) is 0 Å². The van der Waals surface area contributed by atoms with Gasteiger partial charge in [0.25, 0.3) is 0 Å². The fourth-order valence-electron chi connectivity index (χ4n) is 13.3. The molecule has 3 aromatic carbocycles. The highest BCUT2D eigenvalue weighted by atomic mass is 19.1. The minimum absolute atomic E-state index is 0.0192. The van der Waals surface area contributed by atoms with Crippen LogP contribution in [0.3, 0.4) is 0 Å². The zero-order valence-electron chi connectivity index (χ0n) is 40.3. The molecule has 7 aliphatic rings. The smallest absolute Gasteiger partial charge is 0.420 e. The molecule has 2 bridgehead atoms. The van der Waals surface area contributed by atoms with Gasteiger partial charge in [-0.25, -0.2) is 9.18 Å². The van der Waals surface area contributed by atoms with Crippen LogP contribution < -0.4 is 30.9 Å². The molecule has 5 aliphatic heterocycles. The number of halogens is 1. The van der Waals surface area contributed by atoms with Crippen molar-refractivity contribution in [2.45, 2.75) is 102 Å². The van der Waals surface area contributed by atoms with Crippen LogP contribution in [0.4, 0.5) is 15.9 Å². The Balaban J connectivity index is 0.646. The molecule has 0 radical (unpaired) electrons. The van der Waals surface area contributed by atoms with Gasteiger partial charge in [-0.3, -0.25) is 29.4 Å². The monoisotopic (exact) mass is 964 g/mol. The second kappa shape index (κ2) is 17.3. The maximum Gasteiger partial charge on any atom is 0.420 e. The number of hydrogen-bond donors (Lipinski definition) is 3. The first kappa shape index (κ1) is 44.7. The molecule has 3 aromatic heterocycles. The number of pyridine rings is 1. The zero-order valence-corrected chi connectivity index (χ0v) is 40.3. The Hall–Kier alpha value is -6.17. The van der Waals surface area contributed by atoms with E-state index in [1.54, 1.807) is 18.3 Å². The number of carbonyl (C=O) groups is 2. The Bertz CT molecular complexity index is 3150. The number of imide groups is 1. The maximum atomic E-state index is 17.2. The molecule has 3 atom stereocenters. The SMILES string of the molecule is CCc1cccc2cc(O)cc(-c3ncc4c(N5CC6CCC(C5)N6)nc(OCC5(CN6CCC7(CC6)CC(N6CCN(c8ccc9c(c8)oc(=O)n9C8CCC(=O)NC8=O)CC6)C7)CC5)nc4c3F)c12. The predicted molar refractivity (Wildman–Crippen MR) is 267 cm³/mol. The van der Waals surface area contributed by atoms with E-state index in [0.717, 1.165) is 113 Å². The van der Waals surface area contributed by atoms with E-state index in [2.05, 4.69) is 37.2 Å². The fraction of sp³-hybridized carbons (Fsp3) is 0.519. The van der Waals surface area contributed by atoms with E-state index in [1.807, 2.05) is 36.4 Å². The van der Waals surface area contributed by atoms with E-state index in [4.69, 9.17) is 24.1 Å². The number of likely N-dealkylation sites (tertiary alicyclic amines) is 1. The number of piperazine rings is 2. The van der Waals surface area contributed by atoms with Gasteiger partial charge in [-0.1, -0.05) is 25.1 Å². The van der Waals surface area contributed by atoms with Crippen LogP contribution in [0.15, 0.2) is 63.9 Å². The lowest BCUT2D eigenvalue weighted by Gasteiger charge is -2.56. The largest absolute Gasteiger partial charge is 0.508 e. The second-order valence-electron chi connectivity index (χ2n) is 21.9. The molecule has 13 rings (SSSR count). The number of amides is 2. The van der Waals surface area contributed by atoms with Gasteiger partial charge in [0, 0.05) is 99.3 Å². The molecule has 6 aromatic rings. The van der Waals surface area contributed by atoms with E-state index in [1.165, 1.54) is 30.3 Å². The van der Waals surface area contributed by atoms with Crippen molar-refractivity contribution in [1.29, 1.82) is 0 Å². The lowest BCUT2D eigenvalue weighted by atomic mass is 9.60. The summed E-state index contributed by atoms with van der Waals surface area (Å²) in [4.78, 5) is 61.6. The molecule has 5 saturated heterocycles. The van der Waals surface area contributed by atoms with Crippen molar-refractivity contribution in [2.24, 2.45) is 10.8 Å². The molecule has 1 spiro atoms. The highest BCUT2D eigenvalue weighted by molar-refractivity contribution is 6.02. The van der Waals surface area contributed by atoms with Crippen molar-refractivity contribution in [3.63, 3.8) is 0 Å². The number of oxazole rings is 1. The van der Waals surface area contributed by atoms with Crippen molar-refractivity contribution in [2.75, 3.05) is 75.3 Å². The lowest BCUT2D eigenvalue weighted by Crippen LogP contribution is -2.59. The Morgan fingerprint density at radius 1 is 0.901 bits per heavy atom. The van der Waals surface area contributed by atoms with Gasteiger partial charge in [0.2, 0.25) is 11.8 Å². The molecule has 8 heterocycles. The number of ether oxygens (including phenoxy) is 1. The van der Waals surface area contributed by atoms with Crippen LogP contribution in [-0.2, 0) is 16.0 Å². The summed E-state index contributed by atoms with van der Waals surface area (Å²) in [5, 5.41) is 19.1. The number of fused-ring (bicyclic) bond motifs is 5. The molecular formula is C54H61FN10O6. The van der Waals surface area contributed by atoms with E-state index < -0.39 is 23.5 Å². The Kier molecular flexibility index (Phi) is 10.9. The van der Waals surface area contributed by atoms with Crippen LogP contribution in [0.5, 0.6) is 11.8 Å². The Morgan fingerprint density at radius 3 is 2.44 bits per heavy atom. The summed E-state index contributed by atoms with van der Waals surface area (Å²) >= 11 is 0. The average Bonchev–Trinajstić information content (AvgIpc) is 3.94. The molecule has 2 saturated carbocycles. The van der Waals surface area contributed by atoms with E-state index in [-0.39, 0.29) is 47.1 Å². The summed E-state index contributed by atoms with van der Waals surface area (Å²) < 4.78 is 30.8. The van der Waals surface area contributed by atoms with Crippen LogP contribution in [0.25, 0.3) is 44.0 Å². The molecule has 17 heteroatoms. The predicted octanol–water partition coefficient (Wildman–Crippen LogP) is 6.30. The highest BCUT2D eigenvalue weighted by Gasteiger charge is 2.51. The third-order valence-corrected chi connectivity index (χ3v) is 17.4. The molecule has 2 amide bonds. The van der Waals surface area contributed by atoms with E-state index in [0.29, 0.717) is 58.0 Å². The van der Waals surface area contributed by atoms with Crippen LogP contribution >= 0.6 is 0 Å². The quantitative estimate of drug-likeness (QED) is 0.123. The number of anilines is 2. The van der Waals surface area contributed by atoms with Crippen molar-refractivity contribution in [1.82, 2.24) is 40.0 Å². The minimum Gasteiger partial charge on any atom is -0.508 e. The number of nitrogens with zero attached hydrogens (tertiary/aromatic N) is 8. The third kappa shape index (κ3) is 8.08. The summed E-state index contributed by atoms with van der Waals surface area (Å²) in [7, 11) is 0. The Labute approximate surface area is 410 Å². The Morgan fingerprint density at radius 2 is 1.69 bits per heavy atom. The summed E-state index contributed by atoms with van der Waals surface area (Å²) in [5.74, 6) is -1.19. The van der Waals surface area contributed by atoms with Crippen LogP contribution in [0, 0.1) is 16.6 Å². The molecule has 3 N–H and O–H groups in total. The number of nitrogens with one attached hydrogen (secondary N) is 2. The van der Waals surface area contributed by atoms with E-state index in [9.17, 15) is 19.5 Å². The third-order valence-electron chi connectivity index (χ3n) is 17.4. The topological polar surface area (TPSA) is 174 Å². The summed E-state index contributed by atoms with van der Waals surface area (Å²) in [6.07, 6.45) is 12.2. The number of benzene rings is 3. The maximum absolute atomic E-state index is 17.2. The van der Waals surface area contributed by atoms with Gasteiger partial charge >= 0.3 is 11.8 Å². The number of aromatic nitrogens is 4. The molecule has 7 fully saturated rings. The first-order valence-electron chi connectivity index (χ1n) is 26.0. The van der Waals surface area contributed by atoms with Gasteiger partial charge in [0.15, 0.2) is 11.4 Å². The second-order valence-corrected chi connectivity index (χ2v) is 21.9. The fourth-order valence-corrected chi connectivity index (χ4v) is 13.3. The summed E-state index contributed by atoms with van der Waals surface area (Å²) in [6, 6.07) is 15.8. The molecule has 3 unspecified atom stereocenters. The molecule has 370 valence electrons. The number of aryl methyl sites for hydroxylation is 1. The van der Waals surface area contributed by atoms with Crippen LogP contribution in [-0.4, -0.2) is 130 Å². The van der Waals surface area contributed by atoms with Gasteiger partial charge in [0.1, 0.15) is 28.8 Å². The first-order chi connectivity index (χ1) is 34.5. The van der Waals surface area contributed by atoms with Crippen molar-refractivity contribution in [3.05, 3.63) is 76.7 Å². The molecule has 2 aliphatic carbocycles.